The molecule has 19 heavy (non-hydrogen) atoms. The van der Waals surface area contributed by atoms with E-state index in [4.69, 9.17) is 0 Å². The zero-order valence-corrected chi connectivity index (χ0v) is 13.4. The monoisotopic (exact) mass is 267 g/mol. The summed E-state index contributed by atoms with van der Waals surface area (Å²) in [7, 11) is 6.61. The van der Waals surface area contributed by atoms with Gasteiger partial charge in [-0.15, -0.1) is 0 Å². The van der Waals surface area contributed by atoms with Crippen molar-refractivity contribution in [3.8, 4) is 0 Å². The number of nitrogens with one attached hydrogen (secondary N) is 1. The van der Waals surface area contributed by atoms with Crippen molar-refractivity contribution in [2.24, 2.45) is 11.8 Å². The van der Waals surface area contributed by atoms with Crippen molar-refractivity contribution in [3.63, 3.8) is 0 Å². The SMILES string of the molecule is CNC1CCCCCC1CN1CC(C)C(N(C)C)C1. The van der Waals surface area contributed by atoms with Crippen molar-refractivity contribution in [2.75, 3.05) is 40.8 Å². The molecule has 2 rings (SSSR count). The Labute approximate surface area is 119 Å². The maximum absolute atomic E-state index is 3.58. The molecule has 3 heteroatoms. The molecule has 0 aromatic heterocycles. The maximum Gasteiger partial charge on any atom is 0.0254 e. The van der Waals surface area contributed by atoms with E-state index in [1.165, 1.54) is 51.7 Å². The van der Waals surface area contributed by atoms with Crippen molar-refractivity contribution in [2.45, 2.75) is 51.1 Å². The van der Waals surface area contributed by atoms with Gasteiger partial charge in [-0.2, -0.15) is 0 Å². The van der Waals surface area contributed by atoms with Crippen molar-refractivity contribution in [1.29, 1.82) is 0 Å². The zero-order valence-electron chi connectivity index (χ0n) is 13.4. The average Bonchev–Trinajstić information content (AvgIpc) is 2.59. The van der Waals surface area contributed by atoms with E-state index >= 15 is 0 Å². The summed E-state index contributed by atoms with van der Waals surface area (Å²) in [6.45, 7) is 6.27. The van der Waals surface area contributed by atoms with Gasteiger partial charge in [0.05, 0.1) is 0 Å². The molecule has 4 atom stereocenters. The first-order valence-electron chi connectivity index (χ1n) is 8.18. The summed E-state index contributed by atoms with van der Waals surface area (Å²) in [5, 5.41) is 3.58. The first-order valence-corrected chi connectivity index (χ1v) is 8.18. The van der Waals surface area contributed by atoms with Crippen LogP contribution in [-0.2, 0) is 0 Å². The molecule has 1 N–H and O–H groups in total. The summed E-state index contributed by atoms with van der Waals surface area (Å²) in [5.41, 5.74) is 0. The van der Waals surface area contributed by atoms with Crippen LogP contribution in [0.25, 0.3) is 0 Å². The fourth-order valence-electron chi connectivity index (χ4n) is 4.18. The fraction of sp³-hybridized carbons (Fsp3) is 1.00. The molecule has 1 heterocycles. The quantitative estimate of drug-likeness (QED) is 0.786. The molecule has 1 saturated carbocycles. The Morgan fingerprint density at radius 2 is 1.84 bits per heavy atom. The highest BCUT2D eigenvalue weighted by molar-refractivity contribution is 4.89. The predicted octanol–water partition coefficient (Wildman–Crippen LogP) is 2.04. The summed E-state index contributed by atoms with van der Waals surface area (Å²) >= 11 is 0. The van der Waals surface area contributed by atoms with Crippen LogP contribution >= 0.6 is 0 Å². The van der Waals surface area contributed by atoms with Crippen LogP contribution < -0.4 is 5.32 Å². The van der Waals surface area contributed by atoms with Crippen molar-refractivity contribution in [3.05, 3.63) is 0 Å². The zero-order chi connectivity index (χ0) is 13.8. The third-order valence-corrected chi connectivity index (χ3v) is 5.33. The lowest BCUT2D eigenvalue weighted by Crippen LogP contribution is -2.41. The molecule has 0 aromatic rings. The standard InChI is InChI=1S/C16H33N3/c1-13-10-19(12-16(13)18(3)4)11-14-8-6-5-7-9-15(14)17-2/h13-17H,5-12H2,1-4H3. The van der Waals surface area contributed by atoms with E-state index in [2.05, 4.69) is 43.2 Å². The van der Waals surface area contributed by atoms with Crippen molar-refractivity contribution >= 4 is 0 Å². The smallest absolute Gasteiger partial charge is 0.0254 e. The summed E-state index contributed by atoms with van der Waals surface area (Å²) in [5.74, 6) is 1.68. The van der Waals surface area contributed by atoms with E-state index in [9.17, 15) is 0 Å². The molecule has 2 fully saturated rings. The topological polar surface area (TPSA) is 18.5 Å². The van der Waals surface area contributed by atoms with Gasteiger partial charge in [-0.3, -0.25) is 0 Å². The Balaban J connectivity index is 1.89. The molecule has 4 unspecified atom stereocenters. The number of likely N-dealkylation sites (tertiary alicyclic amines) is 1. The molecule has 0 aromatic carbocycles. The van der Waals surface area contributed by atoms with Gasteiger partial charge in [-0.1, -0.05) is 26.2 Å². The third kappa shape index (κ3) is 3.93. The van der Waals surface area contributed by atoms with Gasteiger partial charge in [-0.05, 0) is 45.8 Å². The highest BCUT2D eigenvalue weighted by Crippen LogP contribution is 2.27. The van der Waals surface area contributed by atoms with E-state index in [-0.39, 0.29) is 0 Å². The minimum atomic E-state index is 0.746. The molecule has 0 amide bonds. The van der Waals surface area contributed by atoms with Crippen LogP contribution in [0.15, 0.2) is 0 Å². The van der Waals surface area contributed by atoms with Crippen LogP contribution in [0, 0.1) is 11.8 Å². The van der Waals surface area contributed by atoms with Crippen LogP contribution in [0.2, 0.25) is 0 Å². The van der Waals surface area contributed by atoms with E-state index in [0.717, 1.165) is 23.9 Å². The number of hydrogen-bond acceptors (Lipinski definition) is 3. The summed E-state index contributed by atoms with van der Waals surface area (Å²) in [6.07, 6.45) is 7.08. The van der Waals surface area contributed by atoms with Gasteiger partial charge in [-0.25, -0.2) is 0 Å². The van der Waals surface area contributed by atoms with Gasteiger partial charge < -0.3 is 15.1 Å². The largest absolute Gasteiger partial charge is 0.317 e. The molecule has 112 valence electrons. The van der Waals surface area contributed by atoms with Crippen LogP contribution in [0.5, 0.6) is 0 Å². The van der Waals surface area contributed by atoms with Crippen LogP contribution in [0.3, 0.4) is 0 Å². The summed E-state index contributed by atoms with van der Waals surface area (Å²) in [4.78, 5) is 5.13. The summed E-state index contributed by atoms with van der Waals surface area (Å²) < 4.78 is 0. The second-order valence-electron chi connectivity index (χ2n) is 7.02. The Hall–Kier alpha value is -0.120. The maximum atomic E-state index is 3.58. The second kappa shape index (κ2) is 7.05. The molecule has 1 aliphatic carbocycles. The summed E-state index contributed by atoms with van der Waals surface area (Å²) in [6, 6.07) is 1.50. The van der Waals surface area contributed by atoms with E-state index < -0.39 is 0 Å². The minimum absolute atomic E-state index is 0.746. The Kier molecular flexibility index (Phi) is 5.67. The molecule has 0 bridgehead atoms. The fourth-order valence-corrected chi connectivity index (χ4v) is 4.18. The number of likely N-dealkylation sites (N-methyl/N-ethyl adjacent to an activating group) is 1. The molecule has 1 aliphatic heterocycles. The number of rotatable bonds is 4. The third-order valence-electron chi connectivity index (χ3n) is 5.33. The highest BCUT2D eigenvalue weighted by atomic mass is 15.2. The first kappa shape index (κ1) is 15.3. The van der Waals surface area contributed by atoms with Gasteiger partial charge in [0, 0.05) is 31.7 Å². The van der Waals surface area contributed by atoms with Crippen LogP contribution in [0.1, 0.15) is 39.0 Å². The molecular formula is C16H33N3. The number of hydrogen-bond donors (Lipinski definition) is 1. The van der Waals surface area contributed by atoms with Crippen LogP contribution in [-0.4, -0.2) is 62.7 Å². The molecule has 0 radical (unpaired) electrons. The Morgan fingerprint density at radius 3 is 2.47 bits per heavy atom. The normalized spacial score (nSPS) is 37.7. The molecule has 0 spiro atoms. The van der Waals surface area contributed by atoms with Gasteiger partial charge in [0.1, 0.15) is 0 Å². The lowest BCUT2D eigenvalue weighted by atomic mass is 9.94. The first-order chi connectivity index (χ1) is 9.11. The molecular weight excluding hydrogens is 234 g/mol. The lowest BCUT2D eigenvalue weighted by Gasteiger charge is -2.29. The Morgan fingerprint density at radius 1 is 1.11 bits per heavy atom. The number of nitrogens with zero attached hydrogens (tertiary/aromatic N) is 2. The van der Waals surface area contributed by atoms with Gasteiger partial charge in [0.15, 0.2) is 0 Å². The van der Waals surface area contributed by atoms with Crippen molar-refractivity contribution < 1.29 is 0 Å². The van der Waals surface area contributed by atoms with Crippen LogP contribution in [0.4, 0.5) is 0 Å². The molecule has 2 aliphatic rings. The minimum Gasteiger partial charge on any atom is -0.317 e. The predicted molar refractivity (Wildman–Crippen MR) is 82.5 cm³/mol. The average molecular weight is 267 g/mol. The van der Waals surface area contributed by atoms with Crippen molar-refractivity contribution in [1.82, 2.24) is 15.1 Å². The molecule has 1 saturated heterocycles. The van der Waals surface area contributed by atoms with Gasteiger partial charge in [0.25, 0.3) is 0 Å². The van der Waals surface area contributed by atoms with E-state index in [1.54, 1.807) is 0 Å². The van der Waals surface area contributed by atoms with E-state index in [0.29, 0.717) is 0 Å². The van der Waals surface area contributed by atoms with E-state index in [1.807, 2.05) is 0 Å². The lowest BCUT2D eigenvalue weighted by molar-refractivity contribution is 0.211. The second-order valence-corrected chi connectivity index (χ2v) is 7.02. The van der Waals surface area contributed by atoms with Gasteiger partial charge >= 0.3 is 0 Å². The van der Waals surface area contributed by atoms with Gasteiger partial charge in [0.2, 0.25) is 0 Å². The Bertz CT molecular complexity index is 267. The molecule has 3 nitrogen and oxygen atoms in total. The highest BCUT2D eigenvalue weighted by Gasteiger charge is 2.33.